The van der Waals surface area contributed by atoms with Crippen LogP contribution in [0.1, 0.15) is 34.1 Å². The lowest BCUT2D eigenvalue weighted by molar-refractivity contribution is 0.0724. The maximum absolute atomic E-state index is 12.2. The first kappa shape index (κ1) is 12.8. The summed E-state index contributed by atoms with van der Waals surface area (Å²) in [6, 6.07) is 6.80. The van der Waals surface area contributed by atoms with Gasteiger partial charge in [0.25, 0.3) is 5.91 Å². The fourth-order valence-corrected chi connectivity index (χ4v) is 2.14. The van der Waals surface area contributed by atoms with Crippen molar-refractivity contribution in [2.45, 2.75) is 19.4 Å². The molecule has 0 radical (unpaired) electrons. The third-order valence-electron chi connectivity index (χ3n) is 3.30. The van der Waals surface area contributed by atoms with E-state index in [-0.39, 0.29) is 17.8 Å². The van der Waals surface area contributed by atoms with Crippen LogP contribution >= 0.6 is 0 Å². The molecule has 96 valence electrons. The Morgan fingerprint density at radius 1 is 1.22 bits per heavy atom. The van der Waals surface area contributed by atoms with Crippen LogP contribution in [-0.2, 0) is 4.74 Å². The number of benzene rings is 1. The molecule has 0 N–H and O–H groups in total. The van der Waals surface area contributed by atoms with Gasteiger partial charge in [0.15, 0.2) is 5.78 Å². The summed E-state index contributed by atoms with van der Waals surface area (Å²) in [4.78, 5) is 25.1. The molecule has 0 aliphatic carbocycles. The molecule has 1 aliphatic rings. The van der Waals surface area contributed by atoms with Gasteiger partial charge in [0.05, 0.1) is 6.10 Å². The molecule has 1 atom stereocenters. The number of amides is 1. The van der Waals surface area contributed by atoms with Gasteiger partial charge in [-0.3, -0.25) is 9.59 Å². The van der Waals surface area contributed by atoms with Gasteiger partial charge in [-0.2, -0.15) is 0 Å². The quantitative estimate of drug-likeness (QED) is 0.764. The van der Waals surface area contributed by atoms with E-state index in [1.165, 1.54) is 6.92 Å². The minimum absolute atomic E-state index is 0.00431. The first-order valence-corrected chi connectivity index (χ1v) is 6.05. The number of hydrogen-bond acceptors (Lipinski definition) is 3. The summed E-state index contributed by atoms with van der Waals surface area (Å²) in [5.74, 6) is 0.0132. The van der Waals surface area contributed by atoms with Gasteiger partial charge >= 0.3 is 0 Å². The van der Waals surface area contributed by atoms with E-state index < -0.39 is 0 Å². The van der Waals surface area contributed by atoms with Gasteiger partial charge in [0.2, 0.25) is 0 Å². The molecule has 0 spiro atoms. The van der Waals surface area contributed by atoms with Crippen molar-refractivity contribution in [1.82, 2.24) is 4.90 Å². The number of carbonyl (C=O) groups excluding carboxylic acids is 2. The molecular weight excluding hydrogens is 230 g/mol. The van der Waals surface area contributed by atoms with Crippen LogP contribution in [0.3, 0.4) is 0 Å². The van der Waals surface area contributed by atoms with Gasteiger partial charge in [-0.15, -0.1) is 0 Å². The van der Waals surface area contributed by atoms with Crippen LogP contribution in [0.25, 0.3) is 0 Å². The molecule has 1 amide bonds. The van der Waals surface area contributed by atoms with Crippen molar-refractivity contribution in [3.63, 3.8) is 0 Å². The first-order valence-electron chi connectivity index (χ1n) is 6.05. The SMILES string of the molecule is COC1CCN(C(=O)c2ccc(C(C)=O)cc2)C1. The normalized spacial score (nSPS) is 19.0. The standard InChI is InChI=1S/C14H17NO3/c1-10(16)11-3-5-12(6-4-11)14(17)15-8-7-13(9-15)18-2/h3-6,13H,7-9H2,1-2H3. The van der Waals surface area contributed by atoms with Crippen LogP contribution in [0.5, 0.6) is 0 Å². The molecule has 1 saturated heterocycles. The van der Waals surface area contributed by atoms with E-state index in [1.54, 1.807) is 36.3 Å². The fraction of sp³-hybridized carbons (Fsp3) is 0.429. The van der Waals surface area contributed by atoms with E-state index >= 15 is 0 Å². The number of likely N-dealkylation sites (tertiary alicyclic amines) is 1. The van der Waals surface area contributed by atoms with Gasteiger partial charge in [-0.05, 0) is 25.5 Å². The highest BCUT2D eigenvalue weighted by atomic mass is 16.5. The number of methoxy groups -OCH3 is 1. The molecule has 18 heavy (non-hydrogen) atoms. The minimum Gasteiger partial charge on any atom is -0.380 e. The summed E-state index contributed by atoms with van der Waals surface area (Å²) in [5, 5.41) is 0. The molecule has 0 bridgehead atoms. The Kier molecular flexibility index (Phi) is 3.77. The van der Waals surface area contributed by atoms with E-state index in [4.69, 9.17) is 4.74 Å². The van der Waals surface area contributed by atoms with Gasteiger partial charge in [0.1, 0.15) is 0 Å². The number of ether oxygens (including phenoxy) is 1. The number of Topliss-reactive ketones (excluding diaryl/α,β-unsaturated/α-hetero) is 1. The van der Waals surface area contributed by atoms with E-state index in [2.05, 4.69) is 0 Å². The molecule has 1 aromatic carbocycles. The number of nitrogens with zero attached hydrogens (tertiary/aromatic N) is 1. The Hall–Kier alpha value is -1.68. The largest absolute Gasteiger partial charge is 0.380 e. The summed E-state index contributed by atoms with van der Waals surface area (Å²) in [6.07, 6.45) is 1.03. The summed E-state index contributed by atoms with van der Waals surface area (Å²) in [5.41, 5.74) is 1.25. The number of ketones is 1. The molecule has 0 aromatic heterocycles. The van der Waals surface area contributed by atoms with Crippen molar-refractivity contribution in [2.24, 2.45) is 0 Å². The highest BCUT2D eigenvalue weighted by Crippen LogP contribution is 2.16. The zero-order chi connectivity index (χ0) is 13.1. The molecular formula is C14H17NO3. The minimum atomic E-state index is 0.00431. The van der Waals surface area contributed by atoms with Crippen LogP contribution in [0.2, 0.25) is 0 Å². The Balaban J connectivity index is 2.07. The summed E-state index contributed by atoms with van der Waals surface area (Å²) < 4.78 is 5.24. The van der Waals surface area contributed by atoms with Crippen molar-refractivity contribution >= 4 is 11.7 Å². The number of hydrogen-bond donors (Lipinski definition) is 0. The van der Waals surface area contributed by atoms with Crippen LogP contribution in [0, 0.1) is 0 Å². The number of carbonyl (C=O) groups is 2. The molecule has 1 fully saturated rings. The van der Waals surface area contributed by atoms with Gasteiger partial charge in [-0.1, -0.05) is 12.1 Å². The van der Waals surface area contributed by atoms with E-state index in [1.807, 2.05) is 0 Å². The lowest BCUT2D eigenvalue weighted by Crippen LogP contribution is -2.29. The van der Waals surface area contributed by atoms with Gasteiger partial charge in [-0.25, -0.2) is 0 Å². The molecule has 4 heteroatoms. The monoisotopic (exact) mass is 247 g/mol. The lowest BCUT2D eigenvalue weighted by Gasteiger charge is -2.16. The van der Waals surface area contributed by atoms with Crippen LogP contribution in [0.15, 0.2) is 24.3 Å². The lowest BCUT2D eigenvalue weighted by atomic mass is 10.1. The Labute approximate surface area is 107 Å². The Morgan fingerprint density at radius 2 is 1.83 bits per heavy atom. The molecule has 1 aromatic rings. The van der Waals surface area contributed by atoms with Crippen LogP contribution in [-0.4, -0.2) is 42.9 Å². The average molecular weight is 247 g/mol. The summed E-state index contributed by atoms with van der Waals surface area (Å²) in [7, 11) is 1.67. The maximum atomic E-state index is 12.2. The highest BCUT2D eigenvalue weighted by molar-refractivity contribution is 5.97. The first-order chi connectivity index (χ1) is 8.61. The van der Waals surface area contributed by atoms with E-state index in [0.717, 1.165) is 13.0 Å². The highest BCUT2D eigenvalue weighted by Gasteiger charge is 2.26. The van der Waals surface area contributed by atoms with Crippen molar-refractivity contribution in [3.05, 3.63) is 35.4 Å². The predicted octanol–water partition coefficient (Wildman–Crippen LogP) is 1.75. The summed E-state index contributed by atoms with van der Waals surface area (Å²) in [6.45, 7) is 2.88. The molecule has 1 aliphatic heterocycles. The topological polar surface area (TPSA) is 46.6 Å². The van der Waals surface area contributed by atoms with Gasteiger partial charge < -0.3 is 9.64 Å². The third-order valence-corrected chi connectivity index (χ3v) is 3.30. The Bertz CT molecular complexity index is 453. The average Bonchev–Trinajstić information content (AvgIpc) is 2.86. The predicted molar refractivity (Wildman–Crippen MR) is 67.8 cm³/mol. The number of rotatable bonds is 3. The second-order valence-electron chi connectivity index (χ2n) is 4.53. The molecule has 2 rings (SSSR count). The van der Waals surface area contributed by atoms with Crippen molar-refractivity contribution in [3.8, 4) is 0 Å². The van der Waals surface area contributed by atoms with Crippen LogP contribution in [0.4, 0.5) is 0 Å². The van der Waals surface area contributed by atoms with Crippen molar-refractivity contribution < 1.29 is 14.3 Å². The van der Waals surface area contributed by atoms with Crippen molar-refractivity contribution in [1.29, 1.82) is 0 Å². The Morgan fingerprint density at radius 3 is 2.33 bits per heavy atom. The van der Waals surface area contributed by atoms with E-state index in [9.17, 15) is 9.59 Å². The van der Waals surface area contributed by atoms with Crippen LogP contribution < -0.4 is 0 Å². The second-order valence-corrected chi connectivity index (χ2v) is 4.53. The molecule has 1 heterocycles. The van der Waals surface area contributed by atoms with Crippen molar-refractivity contribution in [2.75, 3.05) is 20.2 Å². The molecule has 1 unspecified atom stereocenters. The third kappa shape index (κ3) is 2.59. The molecule has 4 nitrogen and oxygen atoms in total. The second kappa shape index (κ2) is 5.31. The molecule has 0 saturated carbocycles. The maximum Gasteiger partial charge on any atom is 0.253 e. The van der Waals surface area contributed by atoms with E-state index in [0.29, 0.717) is 17.7 Å². The zero-order valence-corrected chi connectivity index (χ0v) is 10.7. The van der Waals surface area contributed by atoms with Gasteiger partial charge in [0, 0.05) is 31.3 Å². The zero-order valence-electron chi connectivity index (χ0n) is 10.7. The fourth-order valence-electron chi connectivity index (χ4n) is 2.14. The smallest absolute Gasteiger partial charge is 0.253 e. The summed E-state index contributed by atoms with van der Waals surface area (Å²) >= 11 is 0.